The summed E-state index contributed by atoms with van der Waals surface area (Å²) in [6.45, 7) is -0.0536. The summed E-state index contributed by atoms with van der Waals surface area (Å²) in [6.07, 6.45) is 3.07. The Bertz CT molecular complexity index is 1440. The lowest BCUT2D eigenvalue weighted by Crippen LogP contribution is -2.42. The molecule has 5 rings (SSSR count). The number of benzene rings is 3. The van der Waals surface area contributed by atoms with Gasteiger partial charge in [-0.1, -0.05) is 36.4 Å². The largest absolute Gasteiger partial charge is 0.323 e. The van der Waals surface area contributed by atoms with Crippen molar-refractivity contribution in [2.75, 3.05) is 22.1 Å². The van der Waals surface area contributed by atoms with Crippen LogP contribution in [0.4, 0.5) is 17.1 Å². The highest BCUT2D eigenvalue weighted by atomic mass is 16.2. The molecular weight excluding hydrogens is 428 g/mol. The summed E-state index contributed by atoms with van der Waals surface area (Å²) in [5, 5.41) is 6.58. The average molecular weight is 448 g/mol. The van der Waals surface area contributed by atoms with Gasteiger partial charge >= 0.3 is 0 Å². The summed E-state index contributed by atoms with van der Waals surface area (Å²) >= 11 is 0. The first kappa shape index (κ1) is 21.1. The van der Waals surface area contributed by atoms with Crippen LogP contribution in [0.25, 0.3) is 17.0 Å². The van der Waals surface area contributed by atoms with Gasteiger partial charge in [-0.25, -0.2) is 4.98 Å². The number of carbonyl (C=O) groups excluding carboxylic acids is 3. The van der Waals surface area contributed by atoms with Crippen molar-refractivity contribution in [2.45, 2.75) is 0 Å². The van der Waals surface area contributed by atoms with E-state index in [0.717, 1.165) is 10.9 Å². The second kappa shape index (κ2) is 8.99. The van der Waals surface area contributed by atoms with Gasteiger partial charge in [-0.2, -0.15) is 0 Å². The van der Waals surface area contributed by atoms with Crippen LogP contribution in [0.2, 0.25) is 0 Å². The Morgan fingerprint density at radius 3 is 2.53 bits per heavy atom. The number of nitrogens with zero attached hydrogens (tertiary/aromatic N) is 2. The molecule has 1 aliphatic heterocycles. The number of anilines is 3. The van der Waals surface area contributed by atoms with Crippen molar-refractivity contribution in [3.8, 4) is 0 Å². The van der Waals surface area contributed by atoms with Crippen molar-refractivity contribution in [1.82, 2.24) is 4.98 Å². The Kier molecular flexibility index (Phi) is 5.58. The normalized spacial score (nSPS) is 12.9. The van der Waals surface area contributed by atoms with Gasteiger partial charge in [0.2, 0.25) is 11.8 Å². The van der Waals surface area contributed by atoms with Crippen LogP contribution < -0.4 is 15.5 Å². The van der Waals surface area contributed by atoms with E-state index in [9.17, 15) is 14.4 Å². The maximum absolute atomic E-state index is 13.0. The van der Waals surface area contributed by atoms with E-state index in [1.165, 1.54) is 11.0 Å². The molecule has 2 N–H and O–H groups in total. The van der Waals surface area contributed by atoms with Crippen LogP contribution in [0.1, 0.15) is 16.1 Å². The third kappa shape index (κ3) is 4.40. The zero-order valence-electron chi connectivity index (χ0n) is 18.1. The van der Waals surface area contributed by atoms with E-state index >= 15 is 0 Å². The topological polar surface area (TPSA) is 91.4 Å². The van der Waals surface area contributed by atoms with Gasteiger partial charge in [0, 0.05) is 22.7 Å². The van der Waals surface area contributed by atoms with Crippen LogP contribution in [0.3, 0.4) is 0 Å². The number of nitrogens with one attached hydrogen (secondary N) is 2. The molecule has 3 aromatic carbocycles. The number of rotatable bonds is 4. The molecule has 0 spiro atoms. The van der Waals surface area contributed by atoms with Gasteiger partial charge in [-0.05, 0) is 54.6 Å². The summed E-state index contributed by atoms with van der Waals surface area (Å²) < 4.78 is 0. The van der Waals surface area contributed by atoms with Crippen LogP contribution in [-0.4, -0.2) is 29.3 Å². The van der Waals surface area contributed by atoms with Gasteiger partial charge in [0.05, 0.1) is 22.6 Å². The Labute approximate surface area is 195 Å². The van der Waals surface area contributed by atoms with Gasteiger partial charge in [-0.3, -0.25) is 19.3 Å². The van der Waals surface area contributed by atoms with Crippen LogP contribution in [-0.2, 0) is 9.59 Å². The highest BCUT2D eigenvalue weighted by Gasteiger charge is 2.27. The van der Waals surface area contributed by atoms with Crippen molar-refractivity contribution in [3.63, 3.8) is 0 Å². The van der Waals surface area contributed by atoms with E-state index in [1.54, 1.807) is 48.5 Å². The molecule has 3 amide bonds. The first-order chi connectivity index (χ1) is 16.6. The van der Waals surface area contributed by atoms with Crippen LogP contribution in [0.5, 0.6) is 0 Å². The molecule has 0 saturated heterocycles. The predicted molar refractivity (Wildman–Crippen MR) is 133 cm³/mol. The van der Waals surface area contributed by atoms with Crippen molar-refractivity contribution in [3.05, 3.63) is 102 Å². The monoisotopic (exact) mass is 448 g/mol. The minimum atomic E-state index is -0.310. The third-order valence-corrected chi connectivity index (χ3v) is 5.44. The second-order valence-corrected chi connectivity index (χ2v) is 7.79. The lowest BCUT2D eigenvalue weighted by molar-refractivity contribution is -0.115. The van der Waals surface area contributed by atoms with Crippen molar-refractivity contribution in [1.29, 1.82) is 0 Å². The number of carbonyl (C=O) groups is 3. The maximum atomic E-state index is 13.0. The zero-order chi connectivity index (χ0) is 23.5. The lowest BCUT2D eigenvalue weighted by atomic mass is 10.1. The summed E-state index contributed by atoms with van der Waals surface area (Å²) in [6, 6.07) is 25.3. The molecule has 0 aliphatic carbocycles. The molecule has 0 bridgehead atoms. The van der Waals surface area contributed by atoms with Crippen LogP contribution in [0, 0.1) is 0 Å². The molecule has 0 fully saturated rings. The number of fused-ring (bicyclic) bond motifs is 2. The number of hydrogen-bond acceptors (Lipinski definition) is 4. The van der Waals surface area contributed by atoms with Crippen LogP contribution in [0.15, 0.2) is 91.0 Å². The fourth-order valence-corrected chi connectivity index (χ4v) is 3.79. The van der Waals surface area contributed by atoms with Crippen molar-refractivity contribution < 1.29 is 14.4 Å². The van der Waals surface area contributed by atoms with Gasteiger partial charge in [0.15, 0.2) is 0 Å². The van der Waals surface area contributed by atoms with Crippen molar-refractivity contribution in [2.24, 2.45) is 0 Å². The molecular formula is C27H20N4O3. The van der Waals surface area contributed by atoms with Gasteiger partial charge in [0.25, 0.3) is 5.91 Å². The van der Waals surface area contributed by atoms with E-state index in [4.69, 9.17) is 0 Å². The first-order valence-electron chi connectivity index (χ1n) is 10.7. The smallest absolute Gasteiger partial charge is 0.258 e. The molecule has 7 nitrogen and oxygen atoms in total. The third-order valence-electron chi connectivity index (χ3n) is 5.44. The Balaban J connectivity index is 1.26. The van der Waals surface area contributed by atoms with Gasteiger partial charge in [-0.15, -0.1) is 0 Å². The van der Waals surface area contributed by atoms with Crippen molar-refractivity contribution >= 4 is 51.8 Å². The molecule has 4 aromatic rings. The number of para-hydroxylation sites is 3. The number of amides is 3. The summed E-state index contributed by atoms with van der Waals surface area (Å²) in [4.78, 5) is 43.3. The quantitative estimate of drug-likeness (QED) is 0.450. The molecule has 0 saturated carbocycles. The molecule has 7 heteroatoms. The van der Waals surface area contributed by atoms with E-state index in [-0.39, 0.29) is 24.3 Å². The van der Waals surface area contributed by atoms with Gasteiger partial charge in [0.1, 0.15) is 6.54 Å². The van der Waals surface area contributed by atoms with Crippen LogP contribution >= 0.6 is 0 Å². The Morgan fingerprint density at radius 2 is 1.68 bits per heavy atom. The predicted octanol–water partition coefficient (Wildman–Crippen LogP) is 4.49. The molecule has 0 atom stereocenters. The summed E-state index contributed by atoms with van der Waals surface area (Å²) in [5.74, 6) is -0.846. The maximum Gasteiger partial charge on any atom is 0.258 e. The number of pyridine rings is 1. The second-order valence-electron chi connectivity index (χ2n) is 7.79. The highest BCUT2D eigenvalue weighted by molar-refractivity contribution is 6.15. The standard InChI is InChI=1S/C27H20N4O3/c32-25(16-15-20-12-9-18-5-1-2-6-22(18)28-20)29-21-13-10-19(11-14-21)27(34)31-17-26(33)30-23-7-3-4-8-24(23)31/h1-16H,17H2,(H,29,32)(H,30,33)/b16-15+. The molecule has 2 heterocycles. The molecule has 1 aliphatic rings. The van der Waals surface area contributed by atoms with Gasteiger partial charge < -0.3 is 10.6 Å². The highest BCUT2D eigenvalue weighted by Crippen LogP contribution is 2.30. The fraction of sp³-hybridized carbons (Fsp3) is 0.0370. The summed E-state index contributed by atoms with van der Waals surface area (Å²) in [5.41, 5.74) is 3.76. The molecule has 1 aromatic heterocycles. The molecule has 0 unspecified atom stereocenters. The SMILES string of the molecule is O=C(/C=C/c1ccc2ccccc2n1)Nc1ccc(C(=O)N2CC(=O)Nc3ccccc32)cc1. The van der Waals surface area contributed by atoms with E-state index in [2.05, 4.69) is 15.6 Å². The minimum absolute atomic E-state index is 0.0536. The Hall–Kier alpha value is -4.78. The zero-order valence-corrected chi connectivity index (χ0v) is 18.1. The fourth-order valence-electron chi connectivity index (χ4n) is 3.79. The number of aromatic nitrogens is 1. The summed E-state index contributed by atoms with van der Waals surface area (Å²) in [7, 11) is 0. The molecule has 0 radical (unpaired) electrons. The van der Waals surface area contributed by atoms with E-state index < -0.39 is 0 Å². The first-order valence-corrected chi connectivity index (χ1v) is 10.7. The molecule has 34 heavy (non-hydrogen) atoms. The minimum Gasteiger partial charge on any atom is -0.323 e. The average Bonchev–Trinajstić information content (AvgIpc) is 2.87. The Morgan fingerprint density at radius 1 is 0.912 bits per heavy atom. The molecule has 166 valence electrons. The van der Waals surface area contributed by atoms with E-state index in [0.29, 0.717) is 28.3 Å². The van der Waals surface area contributed by atoms with E-state index in [1.807, 2.05) is 42.5 Å². The lowest BCUT2D eigenvalue weighted by Gasteiger charge is -2.29. The number of hydrogen-bond donors (Lipinski definition) is 2.